The van der Waals surface area contributed by atoms with Gasteiger partial charge in [-0.15, -0.1) is 0 Å². The predicted molar refractivity (Wildman–Crippen MR) is 106 cm³/mol. The van der Waals surface area contributed by atoms with Crippen LogP contribution in [0.4, 0.5) is 5.69 Å². The molecule has 0 saturated heterocycles. The van der Waals surface area contributed by atoms with Crippen LogP contribution in [0.2, 0.25) is 0 Å². The summed E-state index contributed by atoms with van der Waals surface area (Å²) in [5.74, 6) is 2.01. The highest BCUT2D eigenvalue weighted by Gasteiger charge is 2.22. The molecular weight excluding hydrogens is 372 g/mol. The molecule has 5 rings (SSSR count). The summed E-state index contributed by atoms with van der Waals surface area (Å²) in [7, 11) is 0. The number of ether oxygens (including phenoxy) is 2. The fraction of sp³-hybridized carbons (Fsp3) is 0.286. The maximum absolute atomic E-state index is 12.3. The van der Waals surface area contributed by atoms with E-state index in [2.05, 4.69) is 20.6 Å². The zero-order valence-corrected chi connectivity index (χ0v) is 15.7. The molecule has 2 aromatic carbocycles. The number of nitrogens with one attached hydrogen (secondary N) is 3. The number of carbonyl (C=O) groups is 2. The van der Waals surface area contributed by atoms with Crippen molar-refractivity contribution in [2.75, 3.05) is 18.7 Å². The molecule has 0 unspecified atom stereocenters. The highest BCUT2D eigenvalue weighted by Crippen LogP contribution is 2.35. The molecule has 0 radical (unpaired) electrons. The van der Waals surface area contributed by atoms with E-state index in [1.54, 1.807) is 18.2 Å². The first kappa shape index (κ1) is 17.5. The summed E-state index contributed by atoms with van der Waals surface area (Å²) >= 11 is 0. The molecule has 29 heavy (non-hydrogen) atoms. The molecule has 1 fully saturated rings. The van der Waals surface area contributed by atoms with E-state index in [1.807, 2.05) is 18.2 Å². The van der Waals surface area contributed by atoms with Gasteiger partial charge in [-0.2, -0.15) is 0 Å². The van der Waals surface area contributed by atoms with Crippen LogP contribution in [0.15, 0.2) is 36.4 Å². The van der Waals surface area contributed by atoms with E-state index in [4.69, 9.17) is 9.47 Å². The van der Waals surface area contributed by atoms with E-state index >= 15 is 0 Å². The number of aromatic amines is 1. The number of imidazole rings is 1. The number of hydrogen-bond acceptors (Lipinski definition) is 5. The van der Waals surface area contributed by atoms with Gasteiger partial charge in [-0.1, -0.05) is 6.42 Å². The summed E-state index contributed by atoms with van der Waals surface area (Å²) in [4.78, 5) is 32.5. The van der Waals surface area contributed by atoms with Gasteiger partial charge >= 0.3 is 0 Å². The Bertz CT molecular complexity index is 1100. The SMILES string of the molecule is O=C(CNC(=O)c1ccc2c(c1)OCO2)Nc1ccc2nc(C3CCC3)[nH]c2c1. The van der Waals surface area contributed by atoms with E-state index in [0.717, 1.165) is 16.9 Å². The average molecular weight is 392 g/mol. The second kappa shape index (κ2) is 7.12. The summed E-state index contributed by atoms with van der Waals surface area (Å²) in [5.41, 5.74) is 2.85. The number of carbonyl (C=O) groups excluding carboxylic acids is 2. The van der Waals surface area contributed by atoms with Gasteiger partial charge in [0, 0.05) is 17.2 Å². The van der Waals surface area contributed by atoms with E-state index < -0.39 is 0 Å². The van der Waals surface area contributed by atoms with Crippen LogP contribution < -0.4 is 20.1 Å². The minimum Gasteiger partial charge on any atom is -0.454 e. The molecule has 8 heteroatoms. The third kappa shape index (κ3) is 3.49. The van der Waals surface area contributed by atoms with Crippen LogP contribution in [0, 0.1) is 0 Å². The topological polar surface area (TPSA) is 105 Å². The lowest BCUT2D eigenvalue weighted by molar-refractivity contribution is -0.115. The predicted octanol–water partition coefficient (Wildman–Crippen LogP) is 2.93. The van der Waals surface area contributed by atoms with Crippen molar-refractivity contribution in [3.8, 4) is 11.5 Å². The van der Waals surface area contributed by atoms with Gasteiger partial charge in [-0.3, -0.25) is 9.59 Å². The first-order chi connectivity index (χ1) is 14.2. The first-order valence-corrected chi connectivity index (χ1v) is 9.63. The van der Waals surface area contributed by atoms with Crippen LogP contribution in [0.1, 0.15) is 41.4 Å². The number of aromatic nitrogens is 2. The Morgan fingerprint density at radius 1 is 1.10 bits per heavy atom. The van der Waals surface area contributed by atoms with Crippen molar-refractivity contribution in [1.29, 1.82) is 0 Å². The Morgan fingerprint density at radius 2 is 1.97 bits per heavy atom. The third-order valence-electron chi connectivity index (χ3n) is 5.32. The Morgan fingerprint density at radius 3 is 2.79 bits per heavy atom. The Labute approximate surface area is 166 Å². The lowest BCUT2D eigenvalue weighted by Gasteiger charge is -2.22. The number of amides is 2. The second-order valence-corrected chi connectivity index (χ2v) is 7.28. The summed E-state index contributed by atoms with van der Waals surface area (Å²) in [5, 5.41) is 5.42. The monoisotopic (exact) mass is 392 g/mol. The van der Waals surface area contributed by atoms with Gasteiger partial charge < -0.3 is 25.1 Å². The van der Waals surface area contributed by atoms with E-state index in [0.29, 0.717) is 28.7 Å². The van der Waals surface area contributed by atoms with Gasteiger partial charge in [-0.25, -0.2) is 4.98 Å². The van der Waals surface area contributed by atoms with Gasteiger partial charge in [-0.05, 0) is 49.2 Å². The van der Waals surface area contributed by atoms with E-state index in [-0.39, 0.29) is 25.2 Å². The number of anilines is 1. The van der Waals surface area contributed by atoms with Crippen LogP contribution in [0.5, 0.6) is 11.5 Å². The minimum absolute atomic E-state index is 0.137. The van der Waals surface area contributed by atoms with Crippen LogP contribution in [-0.2, 0) is 4.79 Å². The number of fused-ring (bicyclic) bond motifs is 2. The van der Waals surface area contributed by atoms with Gasteiger partial charge in [0.1, 0.15) is 5.82 Å². The number of benzene rings is 2. The number of nitrogens with zero attached hydrogens (tertiary/aromatic N) is 1. The van der Waals surface area contributed by atoms with E-state index in [9.17, 15) is 9.59 Å². The standard InChI is InChI=1S/C21H20N4O4/c26-19(10-22-21(27)13-4-7-17-18(8-13)29-11-28-17)23-14-5-6-15-16(9-14)25-20(24-15)12-2-1-3-12/h4-9,12H,1-3,10-11H2,(H,22,27)(H,23,26)(H,24,25). The molecule has 2 aliphatic rings. The largest absolute Gasteiger partial charge is 0.454 e. The molecule has 148 valence electrons. The van der Waals surface area contributed by atoms with Crippen molar-refractivity contribution in [1.82, 2.24) is 15.3 Å². The molecule has 1 aliphatic heterocycles. The van der Waals surface area contributed by atoms with Crippen molar-refractivity contribution in [3.63, 3.8) is 0 Å². The highest BCUT2D eigenvalue weighted by molar-refractivity contribution is 6.00. The second-order valence-electron chi connectivity index (χ2n) is 7.28. The lowest BCUT2D eigenvalue weighted by Crippen LogP contribution is -2.32. The number of hydrogen-bond donors (Lipinski definition) is 3. The third-order valence-corrected chi connectivity index (χ3v) is 5.32. The fourth-order valence-electron chi connectivity index (χ4n) is 3.49. The first-order valence-electron chi connectivity index (χ1n) is 9.63. The molecule has 0 spiro atoms. The van der Waals surface area contributed by atoms with Crippen molar-refractivity contribution < 1.29 is 19.1 Å². The molecule has 2 heterocycles. The Hall–Kier alpha value is -3.55. The molecule has 1 saturated carbocycles. The van der Waals surface area contributed by atoms with Crippen molar-refractivity contribution in [3.05, 3.63) is 47.8 Å². The zero-order chi connectivity index (χ0) is 19.8. The smallest absolute Gasteiger partial charge is 0.251 e. The molecule has 3 aromatic rings. The number of H-pyrrole nitrogens is 1. The lowest BCUT2D eigenvalue weighted by atomic mass is 9.85. The molecule has 0 bridgehead atoms. The van der Waals surface area contributed by atoms with Crippen molar-refractivity contribution in [2.45, 2.75) is 25.2 Å². The minimum atomic E-state index is -0.354. The molecular formula is C21H20N4O4. The quantitative estimate of drug-likeness (QED) is 0.619. The Kier molecular flexibility index (Phi) is 4.31. The zero-order valence-electron chi connectivity index (χ0n) is 15.7. The summed E-state index contributed by atoms with van der Waals surface area (Å²) < 4.78 is 10.5. The van der Waals surface area contributed by atoms with Crippen molar-refractivity contribution >= 4 is 28.5 Å². The van der Waals surface area contributed by atoms with Crippen LogP contribution >= 0.6 is 0 Å². The molecule has 1 aromatic heterocycles. The van der Waals surface area contributed by atoms with Gasteiger partial charge in [0.25, 0.3) is 5.91 Å². The van der Waals surface area contributed by atoms with Gasteiger partial charge in [0.2, 0.25) is 12.7 Å². The molecule has 8 nitrogen and oxygen atoms in total. The van der Waals surface area contributed by atoms with Gasteiger partial charge in [0.05, 0.1) is 17.6 Å². The summed E-state index contributed by atoms with van der Waals surface area (Å²) in [6.07, 6.45) is 3.60. The molecule has 0 atom stereocenters. The maximum Gasteiger partial charge on any atom is 0.251 e. The van der Waals surface area contributed by atoms with E-state index in [1.165, 1.54) is 19.3 Å². The molecule has 3 N–H and O–H groups in total. The van der Waals surface area contributed by atoms with Gasteiger partial charge in [0.15, 0.2) is 11.5 Å². The summed E-state index contributed by atoms with van der Waals surface area (Å²) in [6, 6.07) is 10.5. The normalized spacial score (nSPS) is 15.2. The molecule has 1 aliphatic carbocycles. The summed E-state index contributed by atoms with van der Waals surface area (Å²) in [6.45, 7) is 0.00719. The molecule has 2 amide bonds. The van der Waals surface area contributed by atoms with Crippen LogP contribution in [0.25, 0.3) is 11.0 Å². The van der Waals surface area contributed by atoms with Crippen LogP contribution in [0.3, 0.4) is 0 Å². The van der Waals surface area contributed by atoms with Crippen molar-refractivity contribution in [2.24, 2.45) is 0 Å². The average Bonchev–Trinajstić information content (AvgIpc) is 3.30. The Balaban J connectivity index is 1.19. The maximum atomic E-state index is 12.3. The number of rotatable bonds is 5. The van der Waals surface area contributed by atoms with Crippen LogP contribution in [-0.4, -0.2) is 35.1 Å². The highest BCUT2D eigenvalue weighted by atomic mass is 16.7. The fourth-order valence-corrected chi connectivity index (χ4v) is 3.49.